The number of sulfone groups is 1. The van der Waals surface area contributed by atoms with Crippen molar-refractivity contribution in [3.05, 3.63) is 54.6 Å². The van der Waals surface area contributed by atoms with E-state index < -0.39 is 15.1 Å². The summed E-state index contributed by atoms with van der Waals surface area (Å²) in [6, 6.07) is 17.2. The lowest BCUT2D eigenvalue weighted by Crippen LogP contribution is -2.29. The zero-order chi connectivity index (χ0) is 21.4. The van der Waals surface area contributed by atoms with E-state index in [-0.39, 0.29) is 5.12 Å². The van der Waals surface area contributed by atoms with Crippen LogP contribution in [0.3, 0.4) is 0 Å². The van der Waals surface area contributed by atoms with E-state index in [1.165, 1.54) is 31.5 Å². The van der Waals surface area contributed by atoms with Gasteiger partial charge >= 0.3 is 0 Å². The summed E-state index contributed by atoms with van der Waals surface area (Å²) in [5.41, 5.74) is 0. The Labute approximate surface area is 188 Å². The Morgan fingerprint density at radius 2 is 1.60 bits per heavy atom. The lowest BCUT2D eigenvalue weighted by Gasteiger charge is -2.21. The van der Waals surface area contributed by atoms with Gasteiger partial charge in [-0.25, -0.2) is 8.42 Å². The molecule has 30 heavy (non-hydrogen) atoms. The maximum Gasteiger partial charge on any atom is 0.185 e. The zero-order valence-electron chi connectivity index (χ0n) is 17.3. The zero-order valence-corrected chi connectivity index (χ0v) is 19.8. The number of nitrogens with zero attached hydrogens (tertiary/aromatic N) is 1. The number of benzene rings is 2. The third-order valence-electron chi connectivity index (χ3n) is 5.28. The van der Waals surface area contributed by atoms with Crippen LogP contribution < -0.4 is 0 Å². The van der Waals surface area contributed by atoms with Gasteiger partial charge in [0.1, 0.15) is 0 Å². The summed E-state index contributed by atoms with van der Waals surface area (Å²) < 4.78 is 26.7. The van der Waals surface area contributed by atoms with Crippen molar-refractivity contribution in [1.82, 2.24) is 4.90 Å². The molecule has 1 unspecified atom stereocenters. The van der Waals surface area contributed by atoms with Crippen molar-refractivity contribution in [3.8, 4) is 0 Å². The third kappa shape index (κ3) is 6.87. The molecule has 7 heteroatoms. The highest BCUT2D eigenvalue weighted by Crippen LogP contribution is 2.30. The van der Waals surface area contributed by atoms with Crippen molar-refractivity contribution >= 4 is 38.5 Å². The maximum absolute atomic E-state index is 13.4. The predicted octanol–water partition coefficient (Wildman–Crippen LogP) is 5.14. The molecule has 0 radical (unpaired) electrons. The molecule has 0 aromatic heterocycles. The van der Waals surface area contributed by atoms with Crippen LogP contribution in [0.2, 0.25) is 0 Å². The summed E-state index contributed by atoms with van der Waals surface area (Å²) in [6.45, 7) is 4.44. The first-order chi connectivity index (χ1) is 14.4. The van der Waals surface area contributed by atoms with Crippen LogP contribution >= 0.6 is 23.5 Å². The average molecular weight is 464 g/mol. The van der Waals surface area contributed by atoms with Crippen molar-refractivity contribution < 1.29 is 13.2 Å². The number of thioether (sulfide) groups is 1. The molecule has 0 saturated carbocycles. The number of carbonyl (C=O) groups excluding carboxylic acids is 1. The SMILES string of the molecule is CC(=O)SCCC(CCN1CCCC1)S(=O)(=O)c1ccc(Sc2ccccc2)cc1. The number of likely N-dealkylation sites (tertiary alicyclic amines) is 1. The molecule has 1 aliphatic rings. The quantitative estimate of drug-likeness (QED) is 0.486. The van der Waals surface area contributed by atoms with E-state index >= 15 is 0 Å². The number of carbonyl (C=O) groups is 1. The van der Waals surface area contributed by atoms with Crippen molar-refractivity contribution in [2.45, 2.75) is 52.5 Å². The van der Waals surface area contributed by atoms with E-state index in [1.54, 1.807) is 23.9 Å². The van der Waals surface area contributed by atoms with E-state index in [4.69, 9.17) is 0 Å². The summed E-state index contributed by atoms with van der Waals surface area (Å²) in [5, 5.41) is -0.425. The molecule has 0 N–H and O–H groups in total. The van der Waals surface area contributed by atoms with E-state index in [9.17, 15) is 13.2 Å². The second-order valence-electron chi connectivity index (χ2n) is 7.52. The van der Waals surface area contributed by atoms with Gasteiger partial charge in [-0.05, 0) is 81.7 Å². The molecule has 0 spiro atoms. The minimum atomic E-state index is -3.44. The Morgan fingerprint density at radius 1 is 0.967 bits per heavy atom. The molecule has 2 aromatic carbocycles. The van der Waals surface area contributed by atoms with Crippen LogP contribution in [-0.2, 0) is 14.6 Å². The van der Waals surface area contributed by atoms with Gasteiger partial charge in [-0.3, -0.25) is 4.79 Å². The number of hydrogen-bond donors (Lipinski definition) is 0. The standard InChI is InChI=1S/C23H29NO3S3/c1-19(25)28-18-14-23(13-17-24-15-5-6-16-24)30(26,27)22-11-9-21(10-12-22)29-20-7-3-2-4-8-20/h2-4,7-12,23H,5-6,13-18H2,1H3. The molecule has 1 heterocycles. The summed E-state index contributed by atoms with van der Waals surface area (Å²) in [5.74, 6) is 0.543. The van der Waals surface area contributed by atoms with Gasteiger partial charge in [0.15, 0.2) is 15.0 Å². The van der Waals surface area contributed by atoms with Gasteiger partial charge in [-0.15, -0.1) is 0 Å². The van der Waals surface area contributed by atoms with E-state index in [0.29, 0.717) is 23.5 Å². The predicted molar refractivity (Wildman–Crippen MR) is 126 cm³/mol. The first kappa shape index (κ1) is 23.4. The molecular formula is C23H29NO3S3. The van der Waals surface area contributed by atoms with Crippen LogP contribution in [0.4, 0.5) is 0 Å². The molecule has 2 aromatic rings. The topological polar surface area (TPSA) is 54.5 Å². The first-order valence-electron chi connectivity index (χ1n) is 10.4. The van der Waals surface area contributed by atoms with Crippen LogP contribution in [0.5, 0.6) is 0 Å². The molecule has 1 fully saturated rings. The lowest BCUT2D eigenvalue weighted by atomic mass is 10.2. The Bertz CT molecular complexity index is 908. The normalized spacial score (nSPS) is 15.9. The molecular weight excluding hydrogens is 434 g/mol. The molecule has 4 nitrogen and oxygen atoms in total. The Morgan fingerprint density at radius 3 is 2.23 bits per heavy atom. The van der Waals surface area contributed by atoms with Crippen LogP contribution in [0, 0.1) is 0 Å². The number of rotatable bonds is 10. The second-order valence-corrected chi connectivity index (χ2v) is 12.2. The molecule has 0 aliphatic carbocycles. The third-order valence-corrected chi connectivity index (χ3v) is 9.42. The number of hydrogen-bond acceptors (Lipinski definition) is 6. The maximum atomic E-state index is 13.4. The van der Waals surface area contributed by atoms with Crippen LogP contribution in [0.1, 0.15) is 32.6 Å². The van der Waals surface area contributed by atoms with Crippen LogP contribution in [0.15, 0.2) is 69.3 Å². The van der Waals surface area contributed by atoms with Crippen LogP contribution in [-0.4, -0.2) is 49.1 Å². The fraction of sp³-hybridized carbons (Fsp3) is 0.435. The molecule has 0 bridgehead atoms. The molecule has 162 valence electrons. The van der Waals surface area contributed by atoms with Gasteiger partial charge in [0, 0.05) is 22.5 Å². The van der Waals surface area contributed by atoms with Crippen molar-refractivity contribution in [2.75, 3.05) is 25.4 Å². The Kier molecular flexibility index (Phi) is 8.86. The first-order valence-corrected chi connectivity index (χ1v) is 13.7. The van der Waals surface area contributed by atoms with Crippen molar-refractivity contribution in [2.24, 2.45) is 0 Å². The fourth-order valence-corrected chi connectivity index (χ4v) is 7.06. The van der Waals surface area contributed by atoms with E-state index in [0.717, 1.165) is 29.4 Å². The summed E-state index contributed by atoms with van der Waals surface area (Å²) in [7, 11) is -3.44. The molecule has 1 saturated heterocycles. The summed E-state index contributed by atoms with van der Waals surface area (Å²) in [4.78, 5) is 16.2. The largest absolute Gasteiger partial charge is 0.303 e. The van der Waals surface area contributed by atoms with Gasteiger partial charge < -0.3 is 4.90 Å². The molecule has 1 atom stereocenters. The van der Waals surface area contributed by atoms with E-state index in [2.05, 4.69) is 4.90 Å². The molecule has 0 amide bonds. The monoisotopic (exact) mass is 463 g/mol. The minimum Gasteiger partial charge on any atom is -0.303 e. The highest BCUT2D eigenvalue weighted by atomic mass is 32.2. The minimum absolute atomic E-state index is 0.0352. The Hall–Kier alpha value is -1.28. The summed E-state index contributed by atoms with van der Waals surface area (Å²) in [6.07, 6.45) is 3.50. The van der Waals surface area contributed by atoms with Crippen molar-refractivity contribution in [3.63, 3.8) is 0 Å². The molecule has 3 rings (SSSR count). The highest BCUT2D eigenvalue weighted by molar-refractivity contribution is 8.13. The van der Waals surface area contributed by atoms with Gasteiger partial charge in [0.2, 0.25) is 0 Å². The fourth-order valence-electron chi connectivity index (χ4n) is 3.64. The Balaban J connectivity index is 1.70. The highest BCUT2D eigenvalue weighted by Gasteiger charge is 2.28. The van der Waals surface area contributed by atoms with Gasteiger partial charge in [0.05, 0.1) is 10.1 Å². The van der Waals surface area contributed by atoms with Crippen LogP contribution in [0.25, 0.3) is 0 Å². The summed E-state index contributed by atoms with van der Waals surface area (Å²) >= 11 is 2.83. The second kappa shape index (κ2) is 11.4. The average Bonchev–Trinajstić information content (AvgIpc) is 3.25. The van der Waals surface area contributed by atoms with Gasteiger partial charge in [0.25, 0.3) is 0 Å². The van der Waals surface area contributed by atoms with E-state index in [1.807, 2.05) is 42.5 Å². The van der Waals surface area contributed by atoms with Crippen molar-refractivity contribution in [1.29, 1.82) is 0 Å². The lowest BCUT2D eigenvalue weighted by molar-refractivity contribution is -0.109. The smallest absolute Gasteiger partial charge is 0.185 e. The molecule has 1 aliphatic heterocycles. The van der Waals surface area contributed by atoms with Gasteiger partial charge in [-0.2, -0.15) is 0 Å². The van der Waals surface area contributed by atoms with Gasteiger partial charge in [-0.1, -0.05) is 41.7 Å².